The summed E-state index contributed by atoms with van der Waals surface area (Å²) in [7, 11) is 0. The Morgan fingerprint density at radius 3 is 1.59 bits per heavy atom. The molecule has 0 spiro atoms. The Balaban J connectivity index is 5.65. The molecular formula is C24H43N7O8. The van der Waals surface area contributed by atoms with Crippen LogP contribution in [0.3, 0.4) is 0 Å². The maximum atomic E-state index is 13.2. The molecule has 0 radical (unpaired) electrons. The number of carbonyl (C=O) groups excluding carboxylic acids is 6. The maximum Gasteiger partial charge on any atom is 0.326 e. The largest absolute Gasteiger partial charge is 0.480 e. The van der Waals surface area contributed by atoms with E-state index in [1.165, 1.54) is 0 Å². The van der Waals surface area contributed by atoms with E-state index in [0.29, 0.717) is 0 Å². The first-order valence-electron chi connectivity index (χ1n) is 12.7. The normalized spacial score (nSPS) is 14.1. The predicted molar refractivity (Wildman–Crippen MR) is 140 cm³/mol. The zero-order valence-corrected chi connectivity index (χ0v) is 23.3. The Hall–Kier alpha value is -3.75. The van der Waals surface area contributed by atoms with Crippen LogP contribution in [0.1, 0.15) is 54.4 Å². The Morgan fingerprint density at radius 1 is 0.692 bits per heavy atom. The van der Waals surface area contributed by atoms with Crippen molar-refractivity contribution in [2.75, 3.05) is 13.1 Å². The van der Waals surface area contributed by atoms with E-state index in [1.807, 2.05) is 13.8 Å². The summed E-state index contributed by atoms with van der Waals surface area (Å²) < 4.78 is 0. The molecule has 0 saturated carbocycles. The number of carbonyl (C=O) groups is 7. The van der Waals surface area contributed by atoms with Crippen molar-refractivity contribution in [3.05, 3.63) is 0 Å². The van der Waals surface area contributed by atoms with Crippen molar-refractivity contribution in [1.82, 2.24) is 26.6 Å². The number of hydrogen-bond donors (Lipinski definition) is 8. The van der Waals surface area contributed by atoms with E-state index < -0.39 is 77.9 Å². The smallest absolute Gasteiger partial charge is 0.326 e. The molecule has 0 aliphatic rings. The number of aliphatic carboxylic acids is 1. The molecule has 0 unspecified atom stereocenters. The van der Waals surface area contributed by atoms with Crippen LogP contribution in [-0.2, 0) is 33.6 Å². The first-order chi connectivity index (χ1) is 18.0. The summed E-state index contributed by atoms with van der Waals surface area (Å²) in [6.07, 6.45) is -0.446. The molecule has 0 heterocycles. The molecule has 0 aromatic heterocycles. The lowest BCUT2D eigenvalue weighted by molar-refractivity contribution is -0.144. The van der Waals surface area contributed by atoms with Crippen molar-refractivity contribution in [1.29, 1.82) is 0 Å². The summed E-state index contributed by atoms with van der Waals surface area (Å²) in [6, 6.07) is -4.90. The molecule has 15 nitrogen and oxygen atoms in total. The van der Waals surface area contributed by atoms with Crippen molar-refractivity contribution in [3.8, 4) is 0 Å². The van der Waals surface area contributed by atoms with E-state index in [2.05, 4.69) is 26.6 Å². The summed E-state index contributed by atoms with van der Waals surface area (Å²) in [5.41, 5.74) is 10.2. The number of carboxylic acids is 1. The summed E-state index contributed by atoms with van der Waals surface area (Å²) in [5.74, 6) is -6.68. The molecule has 0 rings (SSSR count). The fourth-order valence-corrected chi connectivity index (χ4v) is 3.43. The van der Waals surface area contributed by atoms with Crippen LogP contribution in [0, 0.1) is 17.8 Å². The molecule has 4 atom stereocenters. The predicted octanol–water partition coefficient (Wildman–Crippen LogP) is -2.68. The molecule has 0 aromatic rings. The Morgan fingerprint density at radius 2 is 1.18 bits per heavy atom. The topological polar surface area (TPSA) is 252 Å². The van der Waals surface area contributed by atoms with Crippen molar-refractivity contribution < 1.29 is 38.7 Å². The van der Waals surface area contributed by atoms with E-state index in [1.54, 1.807) is 27.7 Å². The van der Waals surface area contributed by atoms with Gasteiger partial charge in [0.15, 0.2) is 0 Å². The lowest BCUT2D eigenvalue weighted by Crippen LogP contribution is -2.60. The van der Waals surface area contributed by atoms with E-state index in [4.69, 9.17) is 11.5 Å². The molecular weight excluding hydrogens is 514 g/mol. The molecule has 0 aliphatic heterocycles. The molecule has 0 fully saturated rings. The minimum atomic E-state index is -1.58. The molecule has 39 heavy (non-hydrogen) atoms. The van der Waals surface area contributed by atoms with Crippen LogP contribution in [-0.4, -0.2) is 83.8 Å². The average molecular weight is 558 g/mol. The molecule has 0 aliphatic carbocycles. The van der Waals surface area contributed by atoms with Gasteiger partial charge in [0.05, 0.1) is 19.5 Å². The summed E-state index contributed by atoms with van der Waals surface area (Å²) in [6.45, 7) is 9.57. The van der Waals surface area contributed by atoms with Crippen LogP contribution < -0.4 is 38.1 Å². The van der Waals surface area contributed by atoms with Crippen LogP contribution in [0.2, 0.25) is 0 Å². The fourth-order valence-electron chi connectivity index (χ4n) is 3.43. The number of carboxylic acid groups (broad SMARTS) is 1. The Kier molecular flexibility index (Phi) is 15.3. The third-order valence-electron chi connectivity index (χ3n) is 5.50. The van der Waals surface area contributed by atoms with Gasteiger partial charge in [-0.15, -0.1) is 0 Å². The molecule has 0 bridgehead atoms. The minimum Gasteiger partial charge on any atom is -0.480 e. The lowest BCUT2D eigenvalue weighted by atomic mass is 9.98. The van der Waals surface area contributed by atoms with E-state index in [0.717, 1.165) is 0 Å². The average Bonchev–Trinajstić information content (AvgIpc) is 2.81. The number of amides is 6. The van der Waals surface area contributed by atoms with Gasteiger partial charge in [-0.05, 0) is 24.2 Å². The quantitative estimate of drug-likeness (QED) is 0.0926. The lowest BCUT2D eigenvalue weighted by Gasteiger charge is -2.29. The maximum absolute atomic E-state index is 13.2. The first-order valence-corrected chi connectivity index (χ1v) is 12.7. The van der Waals surface area contributed by atoms with Gasteiger partial charge in [0.25, 0.3) is 0 Å². The number of nitrogens with one attached hydrogen (secondary N) is 5. The molecule has 0 aromatic carbocycles. The van der Waals surface area contributed by atoms with Gasteiger partial charge in [-0.25, -0.2) is 4.79 Å². The number of hydrogen-bond acceptors (Lipinski definition) is 8. The van der Waals surface area contributed by atoms with Crippen LogP contribution >= 0.6 is 0 Å². The van der Waals surface area contributed by atoms with Gasteiger partial charge >= 0.3 is 5.97 Å². The SMILES string of the molecule is CC(C)C[C@H](NC(=O)[C@@H](NC(=O)CNC(=O)CN)C(C)C)C(=O)N[C@H](C(=O)N[C@@H](CC(N)=O)C(=O)O)C(C)C. The highest BCUT2D eigenvalue weighted by Gasteiger charge is 2.33. The molecule has 0 saturated heterocycles. The second-order valence-corrected chi connectivity index (χ2v) is 10.3. The highest BCUT2D eigenvalue weighted by molar-refractivity contribution is 5.96. The van der Waals surface area contributed by atoms with Crippen LogP contribution in [0.5, 0.6) is 0 Å². The summed E-state index contributed by atoms with van der Waals surface area (Å²) in [4.78, 5) is 85.2. The van der Waals surface area contributed by atoms with E-state index in [-0.39, 0.29) is 31.3 Å². The number of nitrogens with two attached hydrogens (primary N) is 2. The second-order valence-electron chi connectivity index (χ2n) is 10.3. The van der Waals surface area contributed by atoms with Gasteiger partial charge in [0.2, 0.25) is 35.4 Å². The zero-order valence-electron chi connectivity index (χ0n) is 23.3. The van der Waals surface area contributed by atoms with Gasteiger partial charge < -0.3 is 43.2 Å². The van der Waals surface area contributed by atoms with Gasteiger partial charge in [-0.3, -0.25) is 28.8 Å². The number of primary amides is 1. The standard InChI is InChI=1S/C24H43N7O8/c1-11(2)7-14(28-22(36)19(12(3)4)30-18(34)10-27-17(33)9-25)21(35)31-20(13(5)6)23(37)29-15(24(38)39)8-16(26)32/h11-15,19-20H,7-10,25H2,1-6H3,(H2,26,32)(H,27,33)(H,28,36)(H,29,37)(H,30,34)(H,31,35)(H,38,39)/t14-,15-,19-,20-/m0/s1. The van der Waals surface area contributed by atoms with Crippen molar-refractivity contribution >= 4 is 41.4 Å². The third kappa shape index (κ3) is 13.6. The second kappa shape index (κ2) is 17.0. The first kappa shape index (κ1) is 35.2. The summed E-state index contributed by atoms with van der Waals surface area (Å²) >= 11 is 0. The van der Waals surface area contributed by atoms with E-state index >= 15 is 0 Å². The van der Waals surface area contributed by atoms with Gasteiger partial charge in [-0.1, -0.05) is 41.5 Å². The molecule has 10 N–H and O–H groups in total. The van der Waals surface area contributed by atoms with Crippen molar-refractivity contribution in [2.45, 2.75) is 78.6 Å². The minimum absolute atomic E-state index is 0.0575. The van der Waals surface area contributed by atoms with E-state index in [9.17, 15) is 38.7 Å². The summed E-state index contributed by atoms with van der Waals surface area (Å²) in [5, 5.41) is 21.5. The zero-order chi connectivity index (χ0) is 30.4. The Bertz CT molecular complexity index is 907. The van der Waals surface area contributed by atoms with Crippen LogP contribution in [0.25, 0.3) is 0 Å². The highest BCUT2D eigenvalue weighted by atomic mass is 16.4. The van der Waals surface area contributed by atoms with Gasteiger partial charge in [-0.2, -0.15) is 0 Å². The molecule has 6 amide bonds. The van der Waals surface area contributed by atoms with Crippen LogP contribution in [0.4, 0.5) is 0 Å². The van der Waals surface area contributed by atoms with Gasteiger partial charge in [0.1, 0.15) is 24.2 Å². The highest BCUT2D eigenvalue weighted by Crippen LogP contribution is 2.10. The van der Waals surface area contributed by atoms with Gasteiger partial charge in [0, 0.05) is 0 Å². The van der Waals surface area contributed by atoms with Crippen LogP contribution in [0.15, 0.2) is 0 Å². The Labute approximate surface area is 227 Å². The number of rotatable bonds is 17. The monoisotopic (exact) mass is 557 g/mol. The van der Waals surface area contributed by atoms with Crippen molar-refractivity contribution in [2.24, 2.45) is 29.2 Å². The third-order valence-corrected chi connectivity index (χ3v) is 5.50. The molecule has 222 valence electrons. The molecule has 15 heteroatoms. The fraction of sp³-hybridized carbons (Fsp3) is 0.708. The van der Waals surface area contributed by atoms with Crippen molar-refractivity contribution in [3.63, 3.8) is 0 Å².